The van der Waals surface area contributed by atoms with Crippen molar-refractivity contribution in [3.63, 3.8) is 0 Å². The predicted octanol–water partition coefficient (Wildman–Crippen LogP) is 2.47. The standard InChI is InChI=1S/C16H25NO3S/c1-16(17,14-9-4-5-10-15(14)20-2)12-7-6-8-13(11-12)21(3,18)19/h4-5,9-10,12-13H,6-8,11,17H2,1-3H3. The van der Waals surface area contributed by atoms with Crippen LogP contribution < -0.4 is 10.5 Å². The molecule has 0 amide bonds. The molecule has 0 radical (unpaired) electrons. The number of methoxy groups -OCH3 is 1. The van der Waals surface area contributed by atoms with E-state index in [0.29, 0.717) is 6.42 Å². The molecule has 0 saturated heterocycles. The summed E-state index contributed by atoms with van der Waals surface area (Å²) in [6.07, 6.45) is 4.57. The fourth-order valence-corrected chi connectivity index (χ4v) is 4.56. The minimum Gasteiger partial charge on any atom is -0.496 e. The zero-order chi connectivity index (χ0) is 15.7. The van der Waals surface area contributed by atoms with Gasteiger partial charge in [-0.05, 0) is 38.2 Å². The number of hydrogen-bond donors (Lipinski definition) is 1. The number of benzene rings is 1. The molecule has 0 aromatic heterocycles. The highest BCUT2D eigenvalue weighted by Gasteiger charge is 2.39. The minimum atomic E-state index is -3.00. The highest BCUT2D eigenvalue weighted by atomic mass is 32.2. The number of sulfone groups is 1. The second-order valence-electron chi connectivity index (χ2n) is 6.30. The third kappa shape index (κ3) is 3.40. The Morgan fingerprint density at radius 3 is 2.57 bits per heavy atom. The normalized spacial score (nSPS) is 26.1. The lowest BCUT2D eigenvalue weighted by molar-refractivity contribution is 0.220. The first-order chi connectivity index (χ1) is 9.76. The monoisotopic (exact) mass is 311 g/mol. The minimum absolute atomic E-state index is 0.141. The van der Waals surface area contributed by atoms with Crippen molar-refractivity contribution in [2.75, 3.05) is 13.4 Å². The van der Waals surface area contributed by atoms with E-state index in [1.54, 1.807) is 7.11 Å². The maximum Gasteiger partial charge on any atom is 0.150 e. The van der Waals surface area contributed by atoms with Crippen molar-refractivity contribution in [3.8, 4) is 5.75 Å². The SMILES string of the molecule is COc1ccccc1C(C)(N)C1CCCC(S(C)(=O)=O)C1. The van der Waals surface area contributed by atoms with Crippen molar-refractivity contribution in [2.45, 2.75) is 43.4 Å². The molecule has 1 aromatic carbocycles. The van der Waals surface area contributed by atoms with E-state index >= 15 is 0 Å². The molecule has 1 aromatic rings. The molecule has 1 aliphatic carbocycles. The van der Waals surface area contributed by atoms with E-state index in [1.807, 2.05) is 31.2 Å². The van der Waals surface area contributed by atoms with Gasteiger partial charge in [0, 0.05) is 17.4 Å². The summed E-state index contributed by atoms with van der Waals surface area (Å²) in [5.41, 5.74) is 6.98. The largest absolute Gasteiger partial charge is 0.496 e. The van der Waals surface area contributed by atoms with Gasteiger partial charge in [-0.1, -0.05) is 24.6 Å². The van der Waals surface area contributed by atoms with Gasteiger partial charge in [-0.2, -0.15) is 0 Å². The second-order valence-corrected chi connectivity index (χ2v) is 8.62. The average molecular weight is 311 g/mol. The molecule has 1 aliphatic rings. The van der Waals surface area contributed by atoms with Crippen LogP contribution in [0, 0.1) is 5.92 Å². The number of para-hydroxylation sites is 1. The lowest BCUT2D eigenvalue weighted by Crippen LogP contribution is -2.45. The lowest BCUT2D eigenvalue weighted by atomic mass is 9.72. The Kier molecular flexibility index (Phi) is 4.63. The van der Waals surface area contributed by atoms with Gasteiger partial charge in [-0.25, -0.2) is 8.42 Å². The summed E-state index contributed by atoms with van der Waals surface area (Å²) in [5, 5.41) is -0.270. The first kappa shape index (κ1) is 16.3. The summed E-state index contributed by atoms with van der Waals surface area (Å²) in [5.74, 6) is 0.909. The third-order valence-electron chi connectivity index (χ3n) is 4.77. The zero-order valence-corrected chi connectivity index (χ0v) is 13.8. The van der Waals surface area contributed by atoms with Gasteiger partial charge in [0.1, 0.15) is 15.6 Å². The van der Waals surface area contributed by atoms with Crippen molar-refractivity contribution in [2.24, 2.45) is 11.7 Å². The van der Waals surface area contributed by atoms with Crippen LogP contribution in [-0.2, 0) is 15.4 Å². The van der Waals surface area contributed by atoms with Crippen LogP contribution in [0.2, 0.25) is 0 Å². The van der Waals surface area contributed by atoms with E-state index in [9.17, 15) is 8.42 Å². The Hall–Kier alpha value is -1.07. The molecular formula is C16H25NO3S. The average Bonchev–Trinajstić information content (AvgIpc) is 2.46. The summed E-state index contributed by atoms with van der Waals surface area (Å²) in [6, 6.07) is 7.73. The van der Waals surface area contributed by atoms with Crippen LogP contribution in [0.4, 0.5) is 0 Å². The Labute approximate surface area is 127 Å². The molecule has 0 spiro atoms. The van der Waals surface area contributed by atoms with Crippen molar-refractivity contribution in [3.05, 3.63) is 29.8 Å². The molecule has 21 heavy (non-hydrogen) atoms. The van der Waals surface area contributed by atoms with Crippen LogP contribution in [-0.4, -0.2) is 27.0 Å². The maximum absolute atomic E-state index is 11.9. The molecule has 0 aliphatic heterocycles. The predicted molar refractivity (Wildman–Crippen MR) is 85.1 cm³/mol. The molecule has 0 heterocycles. The van der Waals surface area contributed by atoms with Gasteiger partial charge in [0.2, 0.25) is 0 Å². The van der Waals surface area contributed by atoms with Crippen LogP contribution >= 0.6 is 0 Å². The molecule has 4 nitrogen and oxygen atoms in total. The second kappa shape index (κ2) is 5.97. The van der Waals surface area contributed by atoms with Crippen molar-refractivity contribution in [1.29, 1.82) is 0 Å². The Balaban J connectivity index is 2.30. The van der Waals surface area contributed by atoms with Crippen LogP contribution in [0.3, 0.4) is 0 Å². The van der Waals surface area contributed by atoms with E-state index in [-0.39, 0.29) is 11.2 Å². The fraction of sp³-hybridized carbons (Fsp3) is 0.625. The fourth-order valence-electron chi connectivity index (χ4n) is 3.39. The zero-order valence-electron chi connectivity index (χ0n) is 13.0. The van der Waals surface area contributed by atoms with Crippen molar-refractivity contribution in [1.82, 2.24) is 0 Å². The molecule has 1 saturated carbocycles. The number of nitrogens with two attached hydrogens (primary N) is 1. The van der Waals surface area contributed by atoms with Crippen LogP contribution in [0.1, 0.15) is 38.2 Å². The lowest BCUT2D eigenvalue weighted by Gasteiger charge is -2.40. The third-order valence-corrected chi connectivity index (χ3v) is 6.41. The highest BCUT2D eigenvalue weighted by Crippen LogP contribution is 2.41. The quantitative estimate of drug-likeness (QED) is 0.927. The van der Waals surface area contributed by atoms with E-state index in [4.69, 9.17) is 10.5 Å². The molecule has 1 fully saturated rings. The molecule has 2 rings (SSSR count). The van der Waals surface area contributed by atoms with Gasteiger partial charge in [-0.15, -0.1) is 0 Å². The van der Waals surface area contributed by atoms with Crippen molar-refractivity contribution < 1.29 is 13.2 Å². The molecule has 5 heteroatoms. The summed E-state index contributed by atoms with van der Waals surface area (Å²) < 4.78 is 29.1. The molecular weight excluding hydrogens is 286 g/mol. The van der Waals surface area contributed by atoms with Crippen molar-refractivity contribution >= 4 is 9.84 Å². The number of ether oxygens (including phenoxy) is 1. The summed E-state index contributed by atoms with van der Waals surface area (Å²) in [4.78, 5) is 0. The smallest absolute Gasteiger partial charge is 0.150 e. The van der Waals surface area contributed by atoms with Gasteiger partial charge in [0.05, 0.1) is 12.4 Å². The molecule has 118 valence electrons. The van der Waals surface area contributed by atoms with Gasteiger partial charge in [-0.3, -0.25) is 0 Å². The van der Waals surface area contributed by atoms with E-state index in [2.05, 4.69) is 0 Å². The first-order valence-electron chi connectivity index (χ1n) is 7.38. The van der Waals surface area contributed by atoms with Gasteiger partial charge < -0.3 is 10.5 Å². The van der Waals surface area contributed by atoms with E-state index < -0.39 is 15.4 Å². The topological polar surface area (TPSA) is 69.4 Å². The Bertz CT molecular complexity index is 595. The molecule has 3 unspecified atom stereocenters. The Morgan fingerprint density at radius 1 is 1.29 bits per heavy atom. The maximum atomic E-state index is 11.9. The van der Waals surface area contributed by atoms with Gasteiger partial charge >= 0.3 is 0 Å². The molecule has 0 bridgehead atoms. The number of rotatable bonds is 4. The van der Waals surface area contributed by atoms with Gasteiger partial charge in [0.25, 0.3) is 0 Å². The van der Waals surface area contributed by atoms with Crippen LogP contribution in [0.5, 0.6) is 5.75 Å². The summed E-state index contributed by atoms with van der Waals surface area (Å²) >= 11 is 0. The Morgan fingerprint density at radius 2 is 1.95 bits per heavy atom. The van der Waals surface area contributed by atoms with Gasteiger partial charge in [0.15, 0.2) is 0 Å². The highest BCUT2D eigenvalue weighted by molar-refractivity contribution is 7.91. The summed E-state index contributed by atoms with van der Waals surface area (Å²) in [7, 11) is -1.37. The summed E-state index contributed by atoms with van der Waals surface area (Å²) in [6.45, 7) is 1.99. The van der Waals surface area contributed by atoms with Crippen LogP contribution in [0.15, 0.2) is 24.3 Å². The van der Waals surface area contributed by atoms with Crippen LogP contribution in [0.25, 0.3) is 0 Å². The van der Waals surface area contributed by atoms with E-state index in [1.165, 1.54) is 6.26 Å². The van der Waals surface area contributed by atoms with E-state index in [0.717, 1.165) is 30.6 Å². The number of hydrogen-bond acceptors (Lipinski definition) is 4. The molecule has 3 atom stereocenters. The first-order valence-corrected chi connectivity index (χ1v) is 9.33. The molecule has 2 N–H and O–H groups in total.